The third kappa shape index (κ3) is 1.88. The smallest absolute Gasteiger partial charge is 0.159 e. The molecule has 6 atom stereocenters. The fourth-order valence-corrected chi connectivity index (χ4v) is 6.23. The molecule has 0 aliphatic heterocycles. The van der Waals surface area contributed by atoms with E-state index >= 15 is 0 Å². The molecule has 0 aromatic heterocycles. The molecule has 3 heteroatoms. The maximum atomic E-state index is 12.6. The van der Waals surface area contributed by atoms with Crippen LogP contribution in [0.15, 0.2) is 11.6 Å². The van der Waals surface area contributed by atoms with Gasteiger partial charge in [0.1, 0.15) is 5.60 Å². The van der Waals surface area contributed by atoms with Gasteiger partial charge in [0, 0.05) is 23.8 Å². The van der Waals surface area contributed by atoms with E-state index in [0.717, 1.165) is 31.3 Å². The van der Waals surface area contributed by atoms with Crippen molar-refractivity contribution in [2.75, 3.05) is 0 Å². The molecule has 0 spiro atoms. The Bertz CT molecular complexity index is 654. The van der Waals surface area contributed by atoms with Gasteiger partial charge in [0.15, 0.2) is 11.6 Å². The Labute approximate surface area is 137 Å². The molecular weight excluding hydrogens is 288 g/mol. The number of Topliss-reactive ketones (excluding diaryl/α,β-unsaturated/α-hetero) is 1. The van der Waals surface area contributed by atoms with Crippen molar-refractivity contribution in [2.45, 2.75) is 57.5 Å². The van der Waals surface area contributed by atoms with Gasteiger partial charge < -0.3 is 5.11 Å². The van der Waals surface area contributed by atoms with Gasteiger partial charge in [0.05, 0.1) is 0 Å². The number of ketones is 2. The number of hydrogen-bond donors (Lipinski definition) is 1. The number of allylic oxidation sites excluding steroid dienone is 1. The van der Waals surface area contributed by atoms with Crippen LogP contribution in [0.25, 0.3) is 0 Å². The van der Waals surface area contributed by atoms with Crippen molar-refractivity contribution in [1.29, 1.82) is 0 Å². The average molecular weight is 312 g/mol. The van der Waals surface area contributed by atoms with E-state index in [9.17, 15) is 14.7 Å². The van der Waals surface area contributed by atoms with E-state index in [0.29, 0.717) is 37.0 Å². The fourth-order valence-electron chi connectivity index (χ4n) is 6.23. The Balaban J connectivity index is 1.70. The molecule has 1 N–H and O–H groups in total. The first kappa shape index (κ1) is 15.1. The number of terminal acetylenes is 1. The van der Waals surface area contributed by atoms with Crippen molar-refractivity contribution < 1.29 is 14.7 Å². The maximum Gasteiger partial charge on any atom is 0.159 e. The van der Waals surface area contributed by atoms with Crippen LogP contribution in [0.1, 0.15) is 51.9 Å². The van der Waals surface area contributed by atoms with E-state index in [-0.39, 0.29) is 22.9 Å². The van der Waals surface area contributed by atoms with E-state index < -0.39 is 5.60 Å². The largest absolute Gasteiger partial charge is 0.377 e. The van der Waals surface area contributed by atoms with E-state index in [1.165, 1.54) is 0 Å². The third-order valence-corrected chi connectivity index (χ3v) is 7.56. The predicted molar refractivity (Wildman–Crippen MR) is 86.3 cm³/mol. The summed E-state index contributed by atoms with van der Waals surface area (Å²) < 4.78 is 0. The van der Waals surface area contributed by atoms with Crippen LogP contribution in [-0.4, -0.2) is 22.3 Å². The molecule has 0 radical (unpaired) electrons. The Kier molecular flexibility index (Phi) is 3.16. The van der Waals surface area contributed by atoms with Gasteiger partial charge in [-0.25, -0.2) is 0 Å². The fraction of sp³-hybridized carbons (Fsp3) is 0.700. The first-order chi connectivity index (χ1) is 10.9. The molecule has 6 unspecified atom stereocenters. The van der Waals surface area contributed by atoms with Crippen molar-refractivity contribution in [3.05, 3.63) is 11.6 Å². The van der Waals surface area contributed by atoms with Crippen LogP contribution < -0.4 is 0 Å². The molecule has 3 fully saturated rings. The molecule has 4 aliphatic carbocycles. The minimum absolute atomic E-state index is 0.103. The van der Waals surface area contributed by atoms with Crippen LogP contribution in [0.4, 0.5) is 0 Å². The van der Waals surface area contributed by atoms with Crippen molar-refractivity contribution >= 4 is 11.6 Å². The molecule has 3 saturated carbocycles. The van der Waals surface area contributed by atoms with Crippen molar-refractivity contribution in [3.63, 3.8) is 0 Å². The second kappa shape index (κ2) is 4.80. The van der Waals surface area contributed by atoms with Crippen LogP contribution in [0, 0.1) is 41.4 Å². The highest BCUT2D eigenvalue weighted by atomic mass is 16.3. The van der Waals surface area contributed by atoms with Crippen molar-refractivity contribution in [3.8, 4) is 12.3 Å². The second-order valence-corrected chi connectivity index (χ2v) is 8.27. The molecule has 4 aliphatic rings. The lowest BCUT2D eigenvalue weighted by Crippen LogP contribution is -2.53. The summed E-state index contributed by atoms with van der Waals surface area (Å²) >= 11 is 0. The number of fused-ring (bicyclic) bond motifs is 5. The molecular formula is C20H24O3. The van der Waals surface area contributed by atoms with E-state index in [4.69, 9.17) is 6.42 Å². The predicted octanol–water partition coefficient (Wildman–Crippen LogP) is 2.67. The molecule has 4 rings (SSSR count). The maximum absolute atomic E-state index is 12.6. The van der Waals surface area contributed by atoms with Gasteiger partial charge >= 0.3 is 0 Å². The van der Waals surface area contributed by atoms with Gasteiger partial charge in [-0.2, -0.15) is 0 Å². The third-order valence-electron chi connectivity index (χ3n) is 7.56. The van der Waals surface area contributed by atoms with Crippen LogP contribution in [0.3, 0.4) is 0 Å². The lowest BCUT2D eigenvalue weighted by Gasteiger charge is -2.54. The van der Waals surface area contributed by atoms with Gasteiger partial charge in [-0.3, -0.25) is 9.59 Å². The standard InChI is InChI=1S/C20H24O3/c1-3-20(23)9-7-17-15-11-18(22)16-10-12(21)4-5-13(16)14(15)6-8-19(17,20)2/h1,10,13-15,17,23H,4-9,11H2,2H3. The molecule has 0 heterocycles. The number of rotatable bonds is 0. The normalized spacial score (nSPS) is 48.8. The lowest BCUT2D eigenvalue weighted by atomic mass is 9.50. The number of carbonyl (C=O) groups excluding carboxylic acids is 2. The van der Waals surface area contributed by atoms with E-state index in [2.05, 4.69) is 12.8 Å². The molecule has 0 amide bonds. The summed E-state index contributed by atoms with van der Waals surface area (Å²) in [5.74, 6) is 4.30. The Hall–Kier alpha value is -1.40. The summed E-state index contributed by atoms with van der Waals surface area (Å²) in [4.78, 5) is 24.3. The SMILES string of the molecule is C#CC1(O)CCC2C3CC(=O)C4=CC(=O)CCC4C3CCC21C. The summed E-state index contributed by atoms with van der Waals surface area (Å²) in [6.07, 6.45) is 12.7. The molecule has 0 saturated heterocycles. The van der Waals surface area contributed by atoms with Gasteiger partial charge in [0.25, 0.3) is 0 Å². The highest BCUT2D eigenvalue weighted by Crippen LogP contribution is 2.64. The summed E-state index contributed by atoms with van der Waals surface area (Å²) in [7, 11) is 0. The monoisotopic (exact) mass is 312 g/mol. The average Bonchev–Trinajstić information content (AvgIpc) is 2.80. The number of hydrogen-bond acceptors (Lipinski definition) is 3. The topological polar surface area (TPSA) is 54.4 Å². The van der Waals surface area contributed by atoms with Gasteiger partial charge in [-0.1, -0.05) is 12.8 Å². The Morgan fingerprint density at radius 2 is 2.00 bits per heavy atom. The number of carbonyl (C=O) groups is 2. The zero-order valence-corrected chi connectivity index (χ0v) is 13.7. The number of aliphatic hydroxyl groups is 1. The molecule has 23 heavy (non-hydrogen) atoms. The van der Waals surface area contributed by atoms with Crippen LogP contribution in [0.2, 0.25) is 0 Å². The van der Waals surface area contributed by atoms with Crippen molar-refractivity contribution in [2.24, 2.45) is 29.1 Å². The minimum atomic E-state index is -1.02. The first-order valence-electron chi connectivity index (χ1n) is 8.87. The van der Waals surface area contributed by atoms with Gasteiger partial charge in [0.2, 0.25) is 0 Å². The molecule has 0 bridgehead atoms. The Morgan fingerprint density at radius 3 is 2.74 bits per heavy atom. The quantitative estimate of drug-likeness (QED) is 0.700. The molecule has 0 aromatic rings. The summed E-state index contributed by atoms with van der Waals surface area (Å²) in [5.41, 5.74) is -0.504. The zero-order chi connectivity index (χ0) is 16.4. The summed E-state index contributed by atoms with van der Waals surface area (Å²) in [5, 5.41) is 10.9. The minimum Gasteiger partial charge on any atom is -0.377 e. The molecule has 3 nitrogen and oxygen atoms in total. The van der Waals surface area contributed by atoms with E-state index in [1.54, 1.807) is 6.08 Å². The summed E-state index contributed by atoms with van der Waals surface area (Å²) in [6, 6.07) is 0. The lowest BCUT2D eigenvalue weighted by molar-refractivity contribution is -0.130. The first-order valence-corrected chi connectivity index (χ1v) is 8.87. The van der Waals surface area contributed by atoms with Gasteiger partial charge in [-0.15, -0.1) is 6.42 Å². The van der Waals surface area contributed by atoms with Crippen LogP contribution in [-0.2, 0) is 9.59 Å². The van der Waals surface area contributed by atoms with Crippen LogP contribution in [0.5, 0.6) is 0 Å². The highest BCUT2D eigenvalue weighted by Gasteiger charge is 2.62. The van der Waals surface area contributed by atoms with Crippen molar-refractivity contribution in [1.82, 2.24) is 0 Å². The van der Waals surface area contributed by atoms with Crippen LogP contribution >= 0.6 is 0 Å². The Morgan fingerprint density at radius 1 is 1.22 bits per heavy atom. The summed E-state index contributed by atoms with van der Waals surface area (Å²) in [6.45, 7) is 2.13. The zero-order valence-electron chi connectivity index (χ0n) is 13.7. The van der Waals surface area contributed by atoms with E-state index in [1.807, 2.05) is 0 Å². The second-order valence-electron chi connectivity index (χ2n) is 8.27. The highest BCUT2D eigenvalue weighted by molar-refractivity contribution is 6.05. The molecule has 0 aromatic carbocycles. The van der Waals surface area contributed by atoms with Gasteiger partial charge in [-0.05, 0) is 61.9 Å². The molecule has 122 valence electrons.